The molecule has 0 bridgehead atoms. The number of anilines is 1. The number of hydrogen-bond donors (Lipinski definition) is 1. The number of carbonyl (C=O) groups excluding carboxylic acids is 1. The first kappa shape index (κ1) is 22.7. The lowest BCUT2D eigenvalue weighted by Gasteiger charge is -2.30. The number of halogens is 1. The molecule has 0 saturated carbocycles. The minimum absolute atomic E-state index is 0. The van der Waals surface area contributed by atoms with Gasteiger partial charge in [-0.25, -0.2) is 4.98 Å². The maximum atomic E-state index is 11.9. The van der Waals surface area contributed by atoms with Crippen molar-refractivity contribution in [2.75, 3.05) is 58.5 Å². The second kappa shape index (κ2) is 10.8. The number of nitrogens with zero attached hydrogens (tertiary/aromatic N) is 4. The van der Waals surface area contributed by atoms with Crippen LogP contribution in [0.4, 0.5) is 5.82 Å². The maximum Gasteiger partial charge on any atom is 0.310 e. The summed E-state index contributed by atoms with van der Waals surface area (Å²) in [5.74, 6) is 1.76. The van der Waals surface area contributed by atoms with Gasteiger partial charge in [0.1, 0.15) is 5.82 Å². The molecular formula is C19H30IN5O3. The van der Waals surface area contributed by atoms with E-state index in [9.17, 15) is 4.79 Å². The first-order valence-corrected chi connectivity index (χ1v) is 9.44. The third-order valence-corrected chi connectivity index (χ3v) is 5.24. The Morgan fingerprint density at radius 1 is 1.39 bits per heavy atom. The van der Waals surface area contributed by atoms with Crippen molar-refractivity contribution in [2.45, 2.75) is 13.5 Å². The molecule has 1 N–H and O–H groups in total. The number of hydrogen-bond acceptors (Lipinski definition) is 6. The Morgan fingerprint density at radius 3 is 2.82 bits per heavy atom. The van der Waals surface area contributed by atoms with Gasteiger partial charge in [-0.1, -0.05) is 13.0 Å². The van der Waals surface area contributed by atoms with Crippen LogP contribution in [0, 0.1) is 11.8 Å². The van der Waals surface area contributed by atoms with Gasteiger partial charge in [0.2, 0.25) is 0 Å². The third-order valence-electron chi connectivity index (χ3n) is 5.24. The molecule has 0 spiro atoms. The zero-order valence-electron chi connectivity index (χ0n) is 16.8. The number of aromatic nitrogens is 1. The van der Waals surface area contributed by atoms with E-state index >= 15 is 0 Å². The molecule has 2 saturated heterocycles. The van der Waals surface area contributed by atoms with E-state index in [-0.39, 0.29) is 41.8 Å². The molecular weight excluding hydrogens is 473 g/mol. The van der Waals surface area contributed by atoms with Gasteiger partial charge in [0.05, 0.1) is 26.2 Å². The van der Waals surface area contributed by atoms with Crippen molar-refractivity contribution >= 4 is 41.7 Å². The molecule has 2 aliphatic rings. The minimum atomic E-state index is -0.151. The van der Waals surface area contributed by atoms with Gasteiger partial charge in [-0.05, 0) is 12.0 Å². The van der Waals surface area contributed by atoms with Crippen molar-refractivity contribution < 1.29 is 14.3 Å². The van der Waals surface area contributed by atoms with Gasteiger partial charge in [0.25, 0.3) is 0 Å². The van der Waals surface area contributed by atoms with Gasteiger partial charge in [0.15, 0.2) is 5.96 Å². The second-order valence-electron chi connectivity index (χ2n) is 7.00. The zero-order valence-corrected chi connectivity index (χ0v) is 19.1. The van der Waals surface area contributed by atoms with Crippen LogP contribution >= 0.6 is 24.0 Å². The summed E-state index contributed by atoms with van der Waals surface area (Å²) in [7, 11) is 3.21. The van der Waals surface area contributed by atoms with Crippen LogP contribution in [0.3, 0.4) is 0 Å². The van der Waals surface area contributed by atoms with E-state index in [1.807, 2.05) is 12.3 Å². The van der Waals surface area contributed by atoms with Crippen molar-refractivity contribution in [3.63, 3.8) is 0 Å². The molecule has 0 aliphatic carbocycles. The molecule has 9 heteroatoms. The molecule has 8 nitrogen and oxygen atoms in total. The number of carbonyl (C=O) groups is 1. The highest BCUT2D eigenvalue weighted by Crippen LogP contribution is 2.24. The lowest BCUT2D eigenvalue weighted by Crippen LogP contribution is -2.41. The molecule has 156 valence electrons. The summed E-state index contributed by atoms with van der Waals surface area (Å²) in [5, 5.41) is 3.43. The van der Waals surface area contributed by atoms with Crippen LogP contribution in [0.5, 0.6) is 0 Å². The molecule has 1 aromatic rings. The van der Waals surface area contributed by atoms with Gasteiger partial charge in [-0.2, -0.15) is 0 Å². The van der Waals surface area contributed by atoms with E-state index in [0.29, 0.717) is 13.1 Å². The first-order valence-electron chi connectivity index (χ1n) is 9.44. The average Bonchev–Trinajstić information content (AvgIpc) is 3.10. The average molecular weight is 503 g/mol. The molecule has 2 unspecified atom stereocenters. The van der Waals surface area contributed by atoms with Crippen molar-refractivity contribution in [1.29, 1.82) is 0 Å². The summed E-state index contributed by atoms with van der Waals surface area (Å²) in [6.07, 6.45) is 1.83. The molecule has 2 atom stereocenters. The fraction of sp³-hybridized carbons (Fsp3) is 0.632. The normalized spacial score (nSPS) is 22.6. The Kier molecular flexibility index (Phi) is 8.74. The van der Waals surface area contributed by atoms with E-state index in [1.54, 1.807) is 7.05 Å². The lowest BCUT2D eigenvalue weighted by molar-refractivity contribution is -0.145. The van der Waals surface area contributed by atoms with Crippen molar-refractivity contribution in [3.05, 3.63) is 23.9 Å². The number of nitrogens with one attached hydrogen (secondary N) is 1. The van der Waals surface area contributed by atoms with E-state index in [4.69, 9.17) is 9.47 Å². The number of aliphatic imine (C=N–C) groups is 1. The summed E-state index contributed by atoms with van der Waals surface area (Å²) >= 11 is 0. The molecule has 3 heterocycles. The number of guanidine groups is 1. The van der Waals surface area contributed by atoms with Crippen LogP contribution in [-0.4, -0.2) is 75.4 Å². The van der Waals surface area contributed by atoms with E-state index in [1.165, 1.54) is 7.11 Å². The highest BCUT2D eigenvalue weighted by atomic mass is 127. The van der Waals surface area contributed by atoms with E-state index < -0.39 is 0 Å². The molecule has 28 heavy (non-hydrogen) atoms. The number of methoxy groups -OCH3 is 1. The summed E-state index contributed by atoms with van der Waals surface area (Å²) in [5.41, 5.74) is 1.12. The summed E-state index contributed by atoms with van der Waals surface area (Å²) < 4.78 is 10.4. The lowest BCUT2D eigenvalue weighted by atomic mass is 9.99. The monoisotopic (exact) mass is 503 g/mol. The second-order valence-corrected chi connectivity index (χ2v) is 7.00. The Bertz CT molecular complexity index is 681. The Labute approximate surface area is 183 Å². The predicted octanol–water partition coefficient (Wildman–Crippen LogP) is 1.35. The zero-order chi connectivity index (χ0) is 19.2. The number of likely N-dealkylation sites (tertiary alicyclic amines) is 1. The quantitative estimate of drug-likeness (QED) is 0.288. The fourth-order valence-electron chi connectivity index (χ4n) is 3.73. The first-order chi connectivity index (χ1) is 13.1. The molecule has 2 aliphatic heterocycles. The number of ether oxygens (including phenoxy) is 2. The van der Waals surface area contributed by atoms with Gasteiger partial charge in [0, 0.05) is 51.5 Å². The van der Waals surface area contributed by atoms with Crippen LogP contribution in [0.1, 0.15) is 12.5 Å². The van der Waals surface area contributed by atoms with Crippen LogP contribution in [0.25, 0.3) is 0 Å². The maximum absolute atomic E-state index is 11.9. The van der Waals surface area contributed by atoms with Gasteiger partial charge in [-0.3, -0.25) is 9.79 Å². The highest BCUT2D eigenvalue weighted by molar-refractivity contribution is 14.0. The fourth-order valence-corrected chi connectivity index (χ4v) is 3.73. The number of rotatable bonds is 4. The molecule has 2 fully saturated rings. The molecule has 0 amide bonds. The molecule has 3 rings (SSSR count). The molecule has 0 radical (unpaired) electrons. The van der Waals surface area contributed by atoms with Crippen LogP contribution in [0.15, 0.2) is 23.3 Å². The van der Waals surface area contributed by atoms with Crippen molar-refractivity contribution in [2.24, 2.45) is 16.8 Å². The summed E-state index contributed by atoms with van der Waals surface area (Å²) in [6.45, 7) is 7.26. The third kappa shape index (κ3) is 5.25. The minimum Gasteiger partial charge on any atom is -0.469 e. The van der Waals surface area contributed by atoms with E-state index in [2.05, 4.69) is 38.1 Å². The Morgan fingerprint density at radius 2 is 2.14 bits per heavy atom. The number of pyridine rings is 1. The number of esters is 1. The smallest absolute Gasteiger partial charge is 0.310 e. The van der Waals surface area contributed by atoms with Gasteiger partial charge < -0.3 is 24.6 Å². The van der Waals surface area contributed by atoms with Crippen LogP contribution in [0.2, 0.25) is 0 Å². The van der Waals surface area contributed by atoms with Gasteiger partial charge in [-0.15, -0.1) is 24.0 Å². The van der Waals surface area contributed by atoms with Crippen LogP contribution < -0.4 is 10.2 Å². The van der Waals surface area contributed by atoms with E-state index in [0.717, 1.165) is 50.2 Å². The number of morpholine rings is 1. The highest BCUT2D eigenvalue weighted by Gasteiger charge is 2.36. The largest absolute Gasteiger partial charge is 0.469 e. The Hall–Kier alpha value is -1.62. The molecule has 1 aromatic heterocycles. The van der Waals surface area contributed by atoms with Crippen molar-refractivity contribution in [1.82, 2.24) is 15.2 Å². The Balaban J connectivity index is 0.00000280. The predicted molar refractivity (Wildman–Crippen MR) is 119 cm³/mol. The molecule has 0 aromatic carbocycles. The van der Waals surface area contributed by atoms with Crippen molar-refractivity contribution in [3.8, 4) is 0 Å². The topological polar surface area (TPSA) is 79.3 Å². The SMILES string of the molecule is CN=C(NCc1cccnc1N1CCOCC1)N1CC(C)C(C(=O)OC)C1.I. The van der Waals surface area contributed by atoms with Gasteiger partial charge >= 0.3 is 5.97 Å². The van der Waals surface area contributed by atoms with Crippen LogP contribution in [-0.2, 0) is 20.8 Å². The summed E-state index contributed by atoms with van der Waals surface area (Å²) in [6, 6.07) is 4.04. The standard InChI is InChI=1S/C19H29N5O3.HI/c1-14-12-24(13-16(14)18(25)26-3)19(20-2)22-11-15-5-4-6-21-17(15)23-7-9-27-10-8-23;/h4-6,14,16H,7-13H2,1-3H3,(H,20,22);1H. The summed E-state index contributed by atoms with van der Waals surface area (Å²) in [4.78, 5) is 25.3.